The van der Waals surface area contributed by atoms with E-state index in [4.69, 9.17) is 4.84 Å². The molecule has 1 atom stereocenters. The predicted molar refractivity (Wildman–Crippen MR) is 103 cm³/mol. The summed E-state index contributed by atoms with van der Waals surface area (Å²) in [6.45, 7) is 7.18. The van der Waals surface area contributed by atoms with Gasteiger partial charge in [-0.15, -0.1) is 0 Å². The molecular formula is C20H22N2O4S. The fourth-order valence-electron chi connectivity index (χ4n) is 3.15. The molecule has 2 aromatic carbocycles. The summed E-state index contributed by atoms with van der Waals surface area (Å²) < 4.78 is 27.9. The maximum Gasteiger partial charge on any atom is 0.278 e. The average Bonchev–Trinajstić information content (AvgIpc) is 3.11. The molecule has 0 saturated carbocycles. The largest absolute Gasteiger partial charge is 0.382 e. The first-order chi connectivity index (χ1) is 12.7. The van der Waals surface area contributed by atoms with Crippen LogP contribution in [0.2, 0.25) is 0 Å². The minimum atomic E-state index is -4.02. The number of sulfonamides is 1. The van der Waals surface area contributed by atoms with Crippen molar-refractivity contribution >= 4 is 21.6 Å². The fourth-order valence-corrected chi connectivity index (χ4v) is 4.78. The van der Waals surface area contributed by atoms with Gasteiger partial charge in [-0.05, 0) is 55.5 Å². The Bertz CT molecular complexity index is 1000. The van der Waals surface area contributed by atoms with Gasteiger partial charge in [-0.25, -0.2) is 13.1 Å². The molecule has 0 radical (unpaired) electrons. The van der Waals surface area contributed by atoms with Gasteiger partial charge in [0.25, 0.3) is 15.9 Å². The number of carbonyl (C=O) groups excluding carboxylic acids is 1. The second-order valence-electron chi connectivity index (χ2n) is 6.76. The summed E-state index contributed by atoms with van der Waals surface area (Å²) in [7, 11) is -4.02. The van der Waals surface area contributed by atoms with Crippen molar-refractivity contribution in [2.45, 2.75) is 45.1 Å². The van der Waals surface area contributed by atoms with Crippen LogP contribution in [-0.4, -0.2) is 26.1 Å². The summed E-state index contributed by atoms with van der Waals surface area (Å²) in [6.07, 6.45) is -0.752. The van der Waals surface area contributed by atoms with Crippen LogP contribution in [0.25, 0.3) is 0 Å². The lowest BCUT2D eigenvalue weighted by molar-refractivity contribution is -0.129. The van der Waals surface area contributed by atoms with Gasteiger partial charge in [0.2, 0.25) is 6.10 Å². The molecule has 0 bridgehead atoms. The SMILES string of the molecule is Cc1cc(C)c(C)c(S(=O)(=O)NC(=O)C2CC(c3ccccc3)=NO2)c1C. The number of oxime groups is 1. The van der Waals surface area contributed by atoms with Gasteiger partial charge in [-0.2, -0.15) is 0 Å². The molecule has 3 rings (SSSR count). The maximum atomic E-state index is 12.9. The molecule has 7 heteroatoms. The van der Waals surface area contributed by atoms with Crippen LogP contribution in [0.5, 0.6) is 0 Å². The van der Waals surface area contributed by atoms with E-state index in [1.165, 1.54) is 0 Å². The van der Waals surface area contributed by atoms with E-state index in [1.54, 1.807) is 13.8 Å². The number of benzene rings is 2. The second-order valence-corrected chi connectivity index (χ2v) is 8.38. The van der Waals surface area contributed by atoms with Gasteiger partial charge in [0.15, 0.2) is 0 Å². The summed E-state index contributed by atoms with van der Waals surface area (Å²) in [5.41, 5.74) is 4.44. The molecule has 0 aromatic heterocycles. The number of nitrogens with one attached hydrogen (secondary N) is 1. The molecule has 1 amide bonds. The van der Waals surface area contributed by atoms with Crippen molar-refractivity contribution in [2.24, 2.45) is 5.16 Å². The van der Waals surface area contributed by atoms with Crippen LogP contribution < -0.4 is 4.72 Å². The normalized spacial score (nSPS) is 16.6. The highest BCUT2D eigenvalue weighted by molar-refractivity contribution is 7.90. The Morgan fingerprint density at radius 2 is 1.67 bits per heavy atom. The van der Waals surface area contributed by atoms with Crippen molar-refractivity contribution in [3.63, 3.8) is 0 Å². The molecule has 1 N–H and O–H groups in total. The number of nitrogens with zero attached hydrogens (tertiary/aromatic N) is 1. The van der Waals surface area contributed by atoms with E-state index in [1.807, 2.05) is 50.2 Å². The molecule has 6 nitrogen and oxygen atoms in total. The lowest BCUT2D eigenvalue weighted by Gasteiger charge is -2.17. The maximum absolute atomic E-state index is 12.9. The minimum Gasteiger partial charge on any atom is -0.382 e. The Labute approximate surface area is 159 Å². The predicted octanol–water partition coefficient (Wildman–Crippen LogP) is 2.92. The van der Waals surface area contributed by atoms with Crippen LogP contribution in [0.3, 0.4) is 0 Å². The van der Waals surface area contributed by atoms with Gasteiger partial charge >= 0.3 is 0 Å². The molecule has 27 heavy (non-hydrogen) atoms. The highest BCUT2D eigenvalue weighted by atomic mass is 32.2. The molecule has 1 unspecified atom stereocenters. The lowest BCUT2D eigenvalue weighted by Crippen LogP contribution is -2.39. The number of hydrogen-bond donors (Lipinski definition) is 1. The van der Waals surface area contributed by atoms with Gasteiger partial charge in [-0.3, -0.25) is 4.79 Å². The van der Waals surface area contributed by atoms with Crippen molar-refractivity contribution in [1.29, 1.82) is 0 Å². The third-order valence-electron chi connectivity index (χ3n) is 4.87. The van der Waals surface area contributed by atoms with Crippen LogP contribution in [0.4, 0.5) is 0 Å². The van der Waals surface area contributed by atoms with Gasteiger partial charge in [0.1, 0.15) is 0 Å². The quantitative estimate of drug-likeness (QED) is 0.876. The molecule has 0 aliphatic carbocycles. The number of amides is 1. The zero-order chi connectivity index (χ0) is 19.8. The summed E-state index contributed by atoms with van der Waals surface area (Å²) >= 11 is 0. The second kappa shape index (κ2) is 7.15. The van der Waals surface area contributed by atoms with Gasteiger partial charge in [0.05, 0.1) is 10.6 Å². The van der Waals surface area contributed by atoms with Gasteiger partial charge < -0.3 is 4.84 Å². The standard InChI is InChI=1S/C20H22N2O4S/c1-12-10-13(2)15(4)19(14(12)3)27(24,25)22-20(23)18-11-17(21-26-18)16-8-6-5-7-9-16/h5-10,18H,11H2,1-4H3,(H,22,23). The van der Waals surface area contributed by atoms with E-state index in [2.05, 4.69) is 9.88 Å². The molecule has 0 spiro atoms. The Morgan fingerprint density at radius 1 is 1.07 bits per heavy atom. The molecule has 1 aliphatic heterocycles. The summed E-state index contributed by atoms with van der Waals surface area (Å²) in [6, 6.07) is 11.3. The van der Waals surface area contributed by atoms with Crippen molar-refractivity contribution in [3.05, 3.63) is 64.2 Å². The number of hydrogen-bond acceptors (Lipinski definition) is 5. The monoisotopic (exact) mass is 386 g/mol. The van der Waals surface area contributed by atoms with Crippen LogP contribution >= 0.6 is 0 Å². The molecular weight excluding hydrogens is 364 g/mol. The van der Waals surface area contributed by atoms with Crippen LogP contribution in [0, 0.1) is 27.7 Å². The first-order valence-electron chi connectivity index (χ1n) is 8.63. The zero-order valence-electron chi connectivity index (χ0n) is 15.7. The first-order valence-corrected chi connectivity index (χ1v) is 10.1. The Hall–Kier alpha value is -2.67. The van der Waals surface area contributed by atoms with Crippen LogP contribution in [0.15, 0.2) is 46.4 Å². The van der Waals surface area contributed by atoms with Gasteiger partial charge in [-0.1, -0.05) is 41.6 Å². The van der Waals surface area contributed by atoms with E-state index >= 15 is 0 Å². The Morgan fingerprint density at radius 3 is 2.26 bits per heavy atom. The Balaban J connectivity index is 1.79. The first kappa shape index (κ1) is 19.1. The summed E-state index contributed by atoms with van der Waals surface area (Å²) in [5, 5.41) is 3.94. The minimum absolute atomic E-state index is 0.149. The number of rotatable bonds is 4. The van der Waals surface area contributed by atoms with Crippen molar-refractivity contribution < 1.29 is 18.0 Å². The fraction of sp³-hybridized carbons (Fsp3) is 0.300. The van der Waals surface area contributed by atoms with E-state index < -0.39 is 22.0 Å². The molecule has 142 valence electrons. The average molecular weight is 386 g/mol. The van der Waals surface area contributed by atoms with Gasteiger partial charge in [0, 0.05) is 6.42 Å². The molecule has 2 aromatic rings. The van der Waals surface area contributed by atoms with Crippen LogP contribution in [-0.2, 0) is 19.7 Å². The number of carbonyl (C=O) groups is 1. The summed E-state index contributed by atoms with van der Waals surface area (Å²) in [5.74, 6) is -0.720. The third-order valence-corrected chi connectivity index (χ3v) is 6.49. The summed E-state index contributed by atoms with van der Waals surface area (Å²) in [4.78, 5) is 17.8. The van der Waals surface area contributed by atoms with Crippen LogP contribution in [0.1, 0.15) is 34.2 Å². The smallest absolute Gasteiger partial charge is 0.278 e. The number of aryl methyl sites for hydroxylation is 2. The van der Waals surface area contributed by atoms with Crippen molar-refractivity contribution in [2.75, 3.05) is 0 Å². The van der Waals surface area contributed by atoms with Crippen molar-refractivity contribution in [3.8, 4) is 0 Å². The molecule has 1 aliphatic rings. The molecule has 0 fully saturated rings. The molecule has 0 saturated heterocycles. The molecule has 1 heterocycles. The van der Waals surface area contributed by atoms with E-state index in [0.717, 1.165) is 16.7 Å². The van der Waals surface area contributed by atoms with E-state index in [0.29, 0.717) is 16.8 Å². The van der Waals surface area contributed by atoms with E-state index in [9.17, 15) is 13.2 Å². The third kappa shape index (κ3) is 3.73. The van der Waals surface area contributed by atoms with Crippen molar-refractivity contribution in [1.82, 2.24) is 4.72 Å². The highest BCUT2D eigenvalue weighted by Gasteiger charge is 2.33. The lowest BCUT2D eigenvalue weighted by atomic mass is 10.0. The van der Waals surface area contributed by atoms with E-state index in [-0.39, 0.29) is 11.3 Å². The Kier molecular flexibility index (Phi) is 5.06. The highest BCUT2D eigenvalue weighted by Crippen LogP contribution is 2.26. The topological polar surface area (TPSA) is 84.8 Å². The zero-order valence-corrected chi connectivity index (χ0v) is 16.6.